The average Bonchev–Trinajstić information content (AvgIpc) is 2.12. The zero-order valence-corrected chi connectivity index (χ0v) is 9.47. The second-order valence-electron chi connectivity index (χ2n) is 5.66. The summed E-state index contributed by atoms with van der Waals surface area (Å²) in [6.07, 6.45) is 6.30. The molecule has 0 unspecified atom stereocenters. The summed E-state index contributed by atoms with van der Waals surface area (Å²) in [5.74, 6) is 1.45. The van der Waals surface area contributed by atoms with Crippen LogP contribution in [-0.4, -0.2) is 5.78 Å². The fourth-order valence-electron chi connectivity index (χ4n) is 3.06. The highest BCUT2D eigenvalue weighted by Gasteiger charge is 2.43. The molecule has 0 aromatic heterocycles. The molecule has 0 amide bonds. The minimum Gasteiger partial charge on any atom is -0.299 e. The maximum atomic E-state index is 11.8. The largest absolute Gasteiger partial charge is 0.299 e. The van der Waals surface area contributed by atoms with Crippen molar-refractivity contribution in [1.29, 1.82) is 0 Å². The van der Waals surface area contributed by atoms with Crippen molar-refractivity contribution in [3.8, 4) is 0 Å². The van der Waals surface area contributed by atoms with Crippen molar-refractivity contribution in [1.82, 2.24) is 0 Å². The van der Waals surface area contributed by atoms with Crippen molar-refractivity contribution in [2.75, 3.05) is 0 Å². The minimum absolute atomic E-state index is 0.336. The number of hydrogen-bond donors (Lipinski definition) is 0. The number of allylic oxidation sites excluding steroid dienone is 2. The van der Waals surface area contributed by atoms with E-state index in [9.17, 15) is 4.79 Å². The van der Waals surface area contributed by atoms with Crippen molar-refractivity contribution in [2.45, 2.75) is 46.5 Å². The molecule has 0 spiro atoms. The Labute approximate surface area is 86.6 Å². The number of Topliss-reactive ketones (excluding diaryl/α,β-unsaturated/α-hetero) is 1. The predicted molar refractivity (Wildman–Crippen MR) is 58.0 cm³/mol. The molecule has 1 saturated carbocycles. The molecular weight excluding hydrogens is 172 g/mol. The fraction of sp³-hybridized carbons (Fsp3) is 0.769. The quantitative estimate of drug-likeness (QED) is 0.538. The van der Waals surface area contributed by atoms with Crippen LogP contribution in [0.15, 0.2) is 11.6 Å². The van der Waals surface area contributed by atoms with Crippen LogP contribution in [-0.2, 0) is 4.79 Å². The van der Waals surface area contributed by atoms with Crippen molar-refractivity contribution in [2.24, 2.45) is 17.3 Å². The molecule has 0 saturated heterocycles. The van der Waals surface area contributed by atoms with Crippen LogP contribution in [0.1, 0.15) is 46.5 Å². The molecule has 0 aromatic carbocycles. The lowest BCUT2D eigenvalue weighted by Gasteiger charge is -2.45. The van der Waals surface area contributed by atoms with Crippen molar-refractivity contribution < 1.29 is 4.79 Å². The molecule has 2 rings (SSSR count). The zero-order valence-electron chi connectivity index (χ0n) is 9.47. The zero-order chi connectivity index (χ0) is 10.3. The number of fused-ring (bicyclic) bond motifs is 1. The van der Waals surface area contributed by atoms with Gasteiger partial charge in [-0.15, -0.1) is 0 Å². The van der Waals surface area contributed by atoms with E-state index in [4.69, 9.17) is 0 Å². The summed E-state index contributed by atoms with van der Waals surface area (Å²) in [7, 11) is 0. The highest BCUT2D eigenvalue weighted by atomic mass is 16.1. The third kappa shape index (κ3) is 1.53. The van der Waals surface area contributed by atoms with E-state index in [-0.39, 0.29) is 0 Å². The van der Waals surface area contributed by atoms with E-state index in [2.05, 4.69) is 26.8 Å². The molecule has 0 radical (unpaired) electrons. The summed E-state index contributed by atoms with van der Waals surface area (Å²) in [5, 5.41) is 0. The van der Waals surface area contributed by atoms with Crippen LogP contribution < -0.4 is 0 Å². The van der Waals surface area contributed by atoms with Crippen LogP contribution in [0.5, 0.6) is 0 Å². The molecule has 14 heavy (non-hydrogen) atoms. The molecule has 0 heterocycles. The lowest BCUT2D eigenvalue weighted by molar-refractivity contribution is -0.131. The average molecular weight is 192 g/mol. The van der Waals surface area contributed by atoms with Gasteiger partial charge in [0, 0.05) is 12.3 Å². The minimum atomic E-state index is 0.336. The highest BCUT2D eigenvalue weighted by Crippen LogP contribution is 2.48. The molecule has 0 bridgehead atoms. The summed E-state index contributed by atoms with van der Waals surface area (Å²) in [5.41, 5.74) is 1.85. The van der Waals surface area contributed by atoms with Crippen LogP contribution in [0.2, 0.25) is 0 Å². The molecule has 1 heteroatoms. The van der Waals surface area contributed by atoms with Gasteiger partial charge in [-0.2, -0.15) is 0 Å². The first kappa shape index (κ1) is 9.95. The van der Waals surface area contributed by atoms with Gasteiger partial charge < -0.3 is 0 Å². The number of ketones is 1. The summed E-state index contributed by atoms with van der Waals surface area (Å²) in [6, 6.07) is 0. The summed E-state index contributed by atoms with van der Waals surface area (Å²) in [6.45, 7) is 6.86. The normalized spacial score (nSPS) is 36.2. The Morgan fingerprint density at radius 2 is 2.14 bits per heavy atom. The van der Waals surface area contributed by atoms with Crippen molar-refractivity contribution in [3.63, 3.8) is 0 Å². The molecule has 1 nitrogen and oxygen atoms in total. The van der Waals surface area contributed by atoms with Gasteiger partial charge in [0.1, 0.15) is 5.78 Å². The smallest absolute Gasteiger partial charge is 0.136 e. The molecule has 1 fully saturated rings. The van der Waals surface area contributed by atoms with Gasteiger partial charge >= 0.3 is 0 Å². The fourth-order valence-corrected chi connectivity index (χ4v) is 3.06. The van der Waals surface area contributed by atoms with Gasteiger partial charge in [0.15, 0.2) is 0 Å². The van der Waals surface area contributed by atoms with Crippen LogP contribution in [0, 0.1) is 17.3 Å². The number of hydrogen-bond acceptors (Lipinski definition) is 1. The van der Waals surface area contributed by atoms with Gasteiger partial charge in [-0.1, -0.05) is 25.5 Å². The van der Waals surface area contributed by atoms with Crippen LogP contribution in [0.4, 0.5) is 0 Å². The summed E-state index contributed by atoms with van der Waals surface area (Å²) in [4.78, 5) is 11.8. The second kappa shape index (κ2) is 3.22. The lowest BCUT2D eigenvalue weighted by Crippen LogP contribution is -2.41. The highest BCUT2D eigenvalue weighted by molar-refractivity contribution is 5.82. The Balaban J connectivity index is 2.27. The van der Waals surface area contributed by atoms with Gasteiger partial charge in [-0.05, 0) is 37.5 Å². The van der Waals surface area contributed by atoms with Crippen LogP contribution in [0.3, 0.4) is 0 Å². The van der Waals surface area contributed by atoms with Gasteiger partial charge in [0.2, 0.25) is 0 Å². The van der Waals surface area contributed by atoms with Gasteiger partial charge in [0.25, 0.3) is 0 Å². The second-order valence-corrected chi connectivity index (χ2v) is 5.66. The lowest BCUT2D eigenvalue weighted by atomic mass is 9.59. The monoisotopic (exact) mass is 192 g/mol. The number of rotatable bonds is 0. The predicted octanol–water partition coefficient (Wildman–Crippen LogP) is 3.35. The molecular formula is C13H20O. The Morgan fingerprint density at radius 1 is 1.43 bits per heavy atom. The Kier molecular flexibility index (Phi) is 2.29. The molecule has 2 atom stereocenters. The molecule has 2 aliphatic rings. The number of carbonyl (C=O) groups is 1. The van der Waals surface area contributed by atoms with E-state index >= 15 is 0 Å². The SMILES string of the molecule is CC1=CC[C@@H]2C(=O)CCC(C)(C)[C@@H]2C1. The van der Waals surface area contributed by atoms with E-state index in [0.29, 0.717) is 23.0 Å². The topological polar surface area (TPSA) is 17.1 Å². The molecule has 0 aliphatic heterocycles. The molecule has 0 N–H and O–H groups in total. The van der Waals surface area contributed by atoms with E-state index in [1.165, 1.54) is 5.57 Å². The Hall–Kier alpha value is -0.590. The molecule has 2 aliphatic carbocycles. The van der Waals surface area contributed by atoms with Crippen LogP contribution >= 0.6 is 0 Å². The maximum absolute atomic E-state index is 11.8. The molecule has 0 aromatic rings. The van der Waals surface area contributed by atoms with E-state index < -0.39 is 0 Å². The third-order valence-corrected chi connectivity index (χ3v) is 4.18. The Bertz CT molecular complexity index is 286. The van der Waals surface area contributed by atoms with E-state index in [0.717, 1.165) is 25.7 Å². The first-order valence-electron chi connectivity index (χ1n) is 5.69. The van der Waals surface area contributed by atoms with Gasteiger partial charge in [0.05, 0.1) is 0 Å². The van der Waals surface area contributed by atoms with Gasteiger partial charge in [-0.3, -0.25) is 4.79 Å². The summed E-state index contributed by atoms with van der Waals surface area (Å²) >= 11 is 0. The summed E-state index contributed by atoms with van der Waals surface area (Å²) < 4.78 is 0. The van der Waals surface area contributed by atoms with Gasteiger partial charge in [-0.25, -0.2) is 0 Å². The van der Waals surface area contributed by atoms with E-state index in [1.54, 1.807) is 0 Å². The molecule has 78 valence electrons. The first-order chi connectivity index (χ1) is 6.50. The third-order valence-electron chi connectivity index (χ3n) is 4.18. The van der Waals surface area contributed by atoms with Crippen molar-refractivity contribution in [3.05, 3.63) is 11.6 Å². The maximum Gasteiger partial charge on any atom is 0.136 e. The van der Waals surface area contributed by atoms with Crippen LogP contribution in [0.25, 0.3) is 0 Å². The number of carbonyl (C=O) groups excluding carboxylic acids is 1. The van der Waals surface area contributed by atoms with E-state index in [1.807, 2.05) is 0 Å². The van der Waals surface area contributed by atoms with Crippen molar-refractivity contribution >= 4 is 5.78 Å². The first-order valence-corrected chi connectivity index (χ1v) is 5.69. The standard InChI is InChI=1S/C13H20O/c1-9-4-5-10-11(8-9)13(2,3)7-6-12(10)14/h4,10-11H,5-8H2,1-3H3/t10-,11+/m0/s1. The Morgan fingerprint density at radius 3 is 2.86 bits per heavy atom.